The van der Waals surface area contributed by atoms with Gasteiger partial charge in [0.1, 0.15) is 5.75 Å². The van der Waals surface area contributed by atoms with E-state index in [4.69, 9.17) is 4.74 Å². The third kappa shape index (κ3) is 3.77. The van der Waals surface area contributed by atoms with Gasteiger partial charge in [-0.3, -0.25) is 0 Å². The number of hydrogen-bond acceptors (Lipinski definition) is 3. The first-order chi connectivity index (χ1) is 11.3. The minimum atomic E-state index is 0.648. The van der Waals surface area contributed by atoms with E-state index in [2.05, 4.69) is 41.7 Å². The molecule has 0 bridgehead atoms. The number of aromatic amines is 1. The zero-order chi connectivity index (χ0) is 16.1. The minimum absolute atomic E-state index is 0.648. The Balaban J connectivity index is 1.57. The summed E-state index contributed by atoms with van der Waals surface area (Å²) in [5.74, 6) is 1.79. The van der Waals surface area contributed by atoms with Gasteiger partial charge in [-0.25, -0.2) is 4.98 Å². The summed E-state index contributed by atoms with van der Waals surface area (Å²) in [4.78, 5) is 7.99. The maximum Gasteiger partial charge on any atom is 0.166 e. The van der Waals surface area contributed by atoms with E-state index in [-0.39, 0.29) is 0 Å². The summed E-state index contributed by atoms with van der Waals surface area (Å²) in [5, 5.41) is 0.942. The van der Waals surface area contributed by atoms with Gasteiger partial charge in [0.25, 0.3) is 0 Å². The summed E-state index contributed by atoms with van der Waals surface area (Å²) in [6, 6.07) is 14.3. The van der Waals surface area contributed by atoms with Gasteiger partial charge in [0.2, 0.25) is 0 Å². The number of nitrogens with zero attached hydrogens (tertiary/aromatic N) is 1. The smallest absolute Gasteiger partial charge is 0.166 e. The highest BCUT2D eigenvalue weighted by atomic mass is 32.2. The van der Waals surface area contributed by atoms with Crippen LogP contribution in [0.3, 0.4) is 0 Å². The average molecular weight is 324 g/mol. The van der Waals surface area contributed by atoms with Crippen LogP contribution in [0.2, 0.25) is 0 Å². The van der Waals surface area contributed by atoms with Crippen LogP contribution in [0.15, 0.2) is 60.3 Å². The van der Waals surface area contributed by atoms with E-state index in [0.717, 1.165) is 34.1 Å². The van der Waals surface area contributed by atoms with Crippen LogP contribution < -0.4 is 4.74 Å². The molecule has 3 aromatic rings. The number of para-hydroxylation sites is 2. The molecular formula is C19H20N2OS. The summed E-state index contributed by atoms with van der Waals surface area (Å²) in [7, 11) is 0. The molecule has 23 heavy (non-hydrogen) atoms. The Morgan fingerprint density at radius 3 is 2.91 bits per heavy atom. The van der Waals surface area contributed by atoms with Crippen molar-refractivity contribution in [2.45, 2.75) is 18.5 Å². The quantitative estimate of drug-likeness (QED) is 0.386. The number of aromatic nitrogens is 2. The first-order valence-electron chi connectivity index (χ1n) is 7.67. The fourth-order valence-corrected chi connectivity index (χ4v) is 3.18. The van der Waals surface area contributed by atoms with Gasteiger partial charge in [-0.15, -0.1) is 6.58 Å². The molecule has 4 heteroatoms. The molecule has 0 aliphatic rings. The highest BCUT2D eigenvalue weighted by Gasteiger charge is 2.06. The lowest BCUT2D eigenvalue weighted by Crippen LogP contribution is -2.02. The molecule has 0 fully saturated rings. The molecule has 0 radical (unpaired) electrons. The van der Waals surface area contributed by atoms with Crippen molar-refractivity contribution in [3.8, 4) is 5.75 Å². The molecule has 0 aliphatic carbocycles. The van der Waals surface area contributed by atoms with E-state index in [1.54, 1.807) is 11.8 Å². The van der Waals surface area contributed by atoms with Crippen molar-refractivity contribution in [1.82, 2.24) is 9.97 Å². The van der Waals surface area contributed by atoms with Gasteiger partial charge in [-0.1, -0.05) is 48.2 Å². The van der Waals surface area contributed by atoms with Gasteiger partial charge >= 0.3 is 0 Å². The van der Waals surface area contributed by atoms with Crippen molar-refractivity contribution in [3.63, 3.8) is 0 Å². The number of thioether (sulfide) groups is 1. The summed E-state index contributed by atoms with van der Waals surface area (Å²) >= 11 is 1.68. The van der Waals surface area contributed by atoms with Gasteiger partial charge in [-0.05, 0) is 36.6 Å². The Kier molecular flexibility index (Phi) is 5.03. The molecule has 3 rings (SSSR count). The fourth-order valence-electron chi connectivity index (χ4n) is 2.48. The minimum Gasteiger partial charge on any atom is -0.492 e. The second kappa shape index (κ2) is 7.38. The number of allylic oxidation sites excluding steroid dienone is 1. The van der Waals surface area contributed by atoms with Gasteiger partial charge in [0.05, 0.1) is 17.6 Å². The number of ether oxygens (including phenoxy) is 1. The lowest BCUT2D eigenvalue weighted by atomic mass is 10.1. The van der Waals surface area contributed by atoms with E-state index in [1.807, 2.05) is 30.3 Å². The normalized spacial score (nSPS) is 10.8. The zero-order valence-electron chi connectivity index (χ0n) is 13.2. The zero-order valence-corrected chi connectivity index (χ0v) is 14.0. The first kappa shape index (κ1) is 15.7. The van der Waals surface area contributed by atoms with Crippen LogP contribution in [-0.2, 0) is 6.42 Å². The number of aryl methyl sites for hydroxylation is 1. The van der Waals surface area contributed by atoms with Crippen LogP contribution in [0.1, 0.15) is 11.1 Å². The Bertz CT molecular complexity index is 810. The molecule has 3 nitrogen and oxygen atoms in total. The topological polar surface area (TPSA) is 37.9 Å². The predicted octanol–water partition coefficient (Wildman–Crippen LogP) is 4.77. The Morgan fingerprint density at radius 1 is 1.22 bits per heavy atom. The molecule has 0 unspecified atom stereocenters. The number of imidazole rings is 1. The van der Waals surface area contributed by atoms with Gasteiger partial charge < -0.3 is 9.72 Å². The van der Waals surface area contributed by atoms with Crippen molar-refractivity contribution in [2.24, 2.45) is 0 Å². The van der Waals surface area contributed by atoms with Crippen LogP contribution in [0.4, 0.5) is 0 Å². The molecule has 1 aromatic heterocycles. The third-order valence-electron chi connectivity index (χ3n) is 3.61. The molecule has 0 aliphatic heterocycles. The Morgan fingerprint density at radius 2 is 2.09 bits per heavy atom. The van der Waals surface area contributed by atoms with Gasteiger partial charge in [-0.2, -0.15) is 0 Å². The number of nitrogens with one attached hydrogen (secondary N) is 1. The number of rotatable bonds is 7. The highest BCUT2D eigenvalue weighted by molar-refractivity contribution is 7.99. The predicted molar refractivity (Wildman–Crippen MR) is 97.4 cm³/mol. The molecule has 1 N–H and O–H groups in total. The van der Waals surface area contributed by atoms with Crippen LogP contribution >= 0.6 is 11.8 Å². The van der Waals surface area contributed by atoms with E-state index in [1.165, 1.54) is 11.1 Å². The van der Waals surface area contributed by atoms with Crippen LogP contribution in [0.5, 0.6) is 5.75 Å². The van der Waals surface area contributed by atoms with Crippen molar-refractivity contribution < 1.29 is 4.74 Å². The lowest BCUT2D eigenvalue weighted by Gasteiger charge is -2.09. The average Bonchev–Trinajstić information content (AvgIpc) is 2.98. The van der Waals surface area contributed by atoms with Crippen molar-refractivity contribution in [3.05, 3.63) is 66.2 Å². The molecular weight excluding hydrogens is 304 g/mol. The Labute approximate surface area is 140 Å². The second-order valence-corrected chi connectivity index (χ2v) is 6.39. The lowest BCUT2D eigenvalue weighted by molar-refractivity contribution is 0.341. The van der Waals surface area contributed by atoms with Crippen molar-refractivity contribution >= 4 is 22.8 Å². The maximum absolute atomic E-state index is 5.90. The summed E-state index contributed by atoms with van der Waals surface area (Å²) in [6.07, 6.45) is 2.72. The second-order valence-electron chi connectivity index (χ2n) is 5.31. The SMILES string of the molecule is C=CCc1ccccc1OCCSc1nc2c(C)cccc2[nH]1. The molecule has 0 amide bonds. The molecule has 1 heterocycles. The summed E-state index contributed by atoms with van der Waals surface area (Å²) in [6.45, 7) is 6.52. The molecule has 0 atom stereocenters. The Hall–Kier alpha value is -2.20. The highest BCUT2D eigenvalue weighted by Crippen LogP contribution is 2.23. The van der Waals surface area contributed by atoms with Gasteiger partial charge in [0.15, 0.2) is 5.16 Å². The first-order valence-corrected chi connectivity index (χ1v) is 8.66. The van der Waals surface area contributed by atoms with Crippen molar-refractivity contribution in [1.29, 1.82) is 0 Å². The van der Waals surface area contributed by atoms with Crippen LogP contribution in [-0.4, -0.2) is 22.3 Å². The fraction of sp³-hybridized carbons (Fsp3) is 0.211. The molecule has 0 spiro atoms. The molecule has 2 aromatic carbocycles. The molecule has 0 saturated carbocycles. The third-order valence-corrected chi connectivity index (χ3v) is 4.45. The monoisotopic (exact) mass is 324 g/mol. The summed E-state index contributed by atoms with van der Waals surface area (Å²) < 4.78 is 5.90. The van der Waals surface area contributed by atoms with Crippen molar-refractivity contribution in [2.75, 3.05) is 12.4 Å². The number of fused-ring (bicyclic) bond motifs is 1. The number of benzene rings is 2. The molecule has 0 saturated heterocycles. The van der Waals surface area contributed by atoms with Crippen LogP contribution in [0, 0.1) is 6.92 Å². The van der Waals surface area contributed by atoms with Crippen LogP contribution in [0.25, 0.3) is 11.0 Å². The number of hydrogen-bond donors (Lipinski definition) is 1. The largest absolute Gasteiger partial charge is 0.492 e. The van der Waals surface area contributed by atoms with E-state index in [9.17, 15) is 0 Å². The van der Waals surface area contributed by atoms with E-state index < -0.39 is 0 Å². The van der Waals surface area contributed by atoms with E-state index >= 15 is 0 Å². The number of H-pyrrole nitrogens is 1. The standard InChI is InChI=1S/C19H20N2OS/c1-3-7-15-9-4-5-11-17(15)22-12-13-23-19-20-16-10-6-8-14(2)18(16)21-19/h3-6,8-11H,1,7,12-13H2,2H3,(H,20,21). The maximum atomic E-state index is 5.90. The van der Waals surface area contributed by atoms with E-state index in [0.29, 0.717) is 6.61 Å². The summed E-state index contributed by atoms with van der Waals surface area (Å²) in [5.41, 5.74) is 4.50. The van der Waals surface area contributed by atoms with Gasteiger partial charge in [0, 0.05) is 5.75 Å². The molecule has 118 valence electrons.